The molecule has 0 bridgehead atoms. The third-order valence-corrected chi connectivity index (χ3v) is 6.25. The molecule has 0 aromatic heterocycles. The Labute approximate surface area is 178 Å². The van der Waals surface area contributed by atoms with E-state index in [2.05, 4.69) is 23.1 Å². The molecule has 5 nitrogen and oxygen atoms in total. The highest BCUT2D eigenvalue weighted by atomic mass is 16.3. The zero-order valence-electron chi connectivity index (χ0n) is 17.7. The van der Waals surface area contributed by atoms with Crippen LogP contribution in [-0.2, 0) is 4.79 Å². The number of benzene rings is 3. The maximum Gasteiger partial charge on any atom is 0.284 e. The van der Waals surface area contributed by atoms with Crippen LogP contribution in [0.15, 0.2) is 66.7 Å². The lowest BCUT2D eigenvalue weighted by molar-refractivity contribution is -0.914. The van der Waals surface area contributed by atoms with Crippen molar-refractivity contribution in [2.75, 3.05) is 42.5 Å². The highest BCUT2D eigenvalue weighted by molar-refractivity contribution is 6.04. The first kappa shape index (κ1) is 20.2. The van der Waals surface area contributed by atoms with Gasteiger partial charge in [0.05, 0.1) is 37.6 Å². The number of carbonyl (C=O) groups is 1. The standard InChI is InChI=1S/C25H29N3O2/c1-3-28(22-13-8-10-20-9-4-5-11-21(20)22)25(30)19(2)26-15-17-27(18-16-26)23-12-6-7-14-24(23)29/h4-14,19,29H,3,15-18H2,1-2H3/p+1/t19-/m0/s1. The van der Waals surface area contributed by atoms with E-state index in [9.17, 15) is 9.90 Å². The summed E-state index contributed by atoms with van der Waals surface area (Å²) in [6.45, 7) is 8.12. The number of phenols is 1. The van der Waals surface area contributed by atoms with Crippen LogP contribution in [0.2, 0.25) is 0 Å². The van der Waals surface area contributed by atoms with Crippen LogP contribution in [0.3, 0.4) is 0 Å². The van der Waals surface area contributed by atoms with E-state index in [4.69, 9.17) is 0 Å². The van der Waals surface area contributed by atoms with Crippen LogP contribution >= 0.6 is 0 Å². The summed E-state index contributed by atoms with van der Waals surface area (Å²) >= 11 is 0. The SMILES string of the molecule is CCN(C(=O)[C@H](C)[NH+]1CCN(c2ccccc2O)CC1)c1cccc2ccccc12. The molecule has 1 heterocycles. The molecule has 0 radical (unpaired) electrons. The highest BCUT2D eigenvalue weighted by Crippen LogP contribution is 2.28. The van der Waals surface area contributed by atoms with Gasteiger partial charge in [0.1, 0.15) is 5.75 Å². The van der Waals surface area contributed by atoms with Crippen LogP contribution in [0, 0.1) is 0 Å². The van der Waals surface area contributed by atoms with Crippen molar-refractivity contribution in [3.8, 4) is 5.75 Å². The van der Waals surface area contributed by atoms with E-state index in [0.29, 0.717) is 12.3 Å². The fraction of sp³-hybridized carbons (Fsp3) is 0.320. The monoisotopic (exact) mass is 404 g/mol. The number of nitrogens with zero attached hydrogens (tertiary/aromatic N) is 2. The fourth-order valence-electron chi connectivity index (χ4n) is 4.50. The summed E-state index contributed by atoms with van der Waals surface area (Å²) < 4.78 is 0. The van der Waals surface area contributed by atoms with Gasteiger partial charge in [-0.25, -0.2) is 0 Å². The Hall–Kier alpha value is -3.05. The molecular weight excluding hydrogens is 374 g/mol. The van der Waals surface area contributed by atoms with Gasteiger partial charge in [0.2, 0.25) is 0 Å². The first-order chi connectivity index (χ1) is 14.6. The number of quaternary nitrogens is 1. The number of rotatable bonds is 5. The Balaban J connectivity index is 1.48. The van der Waals surface area contributed by atoms with Gasteiger partial charge in [-0.3, -0.25) is 4.79 Å². The van der Waals surface area contributed by atoms with E-state index < -0.39 is 0 Å². The number of nitrogens with one attached hydrogen (secondary N) is 1. The van der Waals surface area contributed by atoms with E-state index in [1.54, 1.807) is 6.07 Å². The molecule has 0 spiro atoms. The Kier molecular flexibility index (Phi) is 5.91. The summed E-state index contributed by atoms with van der Waals surface area (Å²) in [5, 5.41) is 12.4. The van der Waals surface area contributed by atoms with Crippen LogP contribution in [0.4, 0.5) is 11.4 Å². The van der Waals surface area contributed by atoms with E-state index in [-0.39, 0.29) is 11.9 Å². The molecule has 0 saturated carbocycles. The maximum atomic E-state index is 13.5. The summed E-state index contributed by atoms with van der Waals surface area (Å²) in [7, 11) is 0. The summed E-state index contributed by atoms with van der Waals surface area (Å²) in [4.78, 5) is 18.9. The lowest BCUT2D eigenvalue weighted by atomic mass is 10.1. The predicted molar refractivity (Wildman–Crippen MR) is 122 cm³/mol. The van der Waals surface area contributed by atoms with Crippen molar-refractivity contribution in [1.82, 2.24) is 0 Å². The van der Waals surface area contributed by atoms with Crippen molar-refractivity contribution in [2.24, 2.45) is 0 Å². The van der Waals surface area contributed by atoms with Gasteiger partial charge in [-0.1, -0.05) is 48.5 Å². The molecule has 3 aromatic carbocycles. The van der Waals surface area contributed by atoms with Gasteiger partial charge in [0, 0.05) is 11.9 Å². The molecule has 156 valence electrons. The van der Waals surface area contributed by atoms with Gasteiger partial charge in [-0.2, -0.15) is 0 Å². The van der Waals surface area contributed by atoms with Crippen LogP contribution in [0.1, 0.15) is 13.8 Å². The number of para-hydroxylation sites is 2. The molecule has 2 N–H and O–H groups in total. The minimum Gasteiger partial charge on any atom is -0.506 e. The molecule has 1 fully saturated rings. The maximum absolute atomic E-state index is 13.5. The van der Waals surface area contributed by atoms with Crippen molar-refractivity contribution in [3.63, 3.8) is 0 Å². The first-order valence-corrected chi connectivity index (χ1v) is 10.8. The molecule has 5 heteroatoms. The third-order valence-electron chi connectivity index (χ3n) is 6.25. The van der Waals surface area contributed by atoms with Crippen LogP contribution in [-0.4, -0.2) is 49.8 Å². The smallest absolute Gasteiger partial charge is 0.284 e. The Bertz CT molecular complexity index is 1020. The van der Waals surface area contributed by atoms with Gasteiger partial charge in [-0.15, -0.1) is 0 Å². The predicted octanol–water partition coefficient (Wildman–Crippen LogP) is 2.69. The van der Waals surface area contributed by atoms with Crippen molar-refractivity contribution >= 4 is 28.1 Å². The van der Waals surface area contributed by atoms with Gasteiger partial charge >= 0.3 is 0 Å². The first-order valence-electron chi connectivity index (χ1n) is 10.8. The van der Waals surface area contributed by atoms with Gasteiger partial charge < -0.3 is 19.8 Å². The second-order valence-corrected chi connectivity index (χ2v) is 7.94. The number of amides is 1. The molecule has 1 amide bonds. The van der Waals surface area contributed by atoms with E-state index >= 15 is 0 Å². The molecule has 4 rings (SSSR count). The molecule has 1 saturated heterocycles. The van der Waals surface area contributed by atoms with E-state index in [0.717, 1.165) is 48.3 Å². The molecule has 1 aliphatic rings. The fourth-order valence-corrected chi connectivity index (χ4v) is 4.50. The average molecular weight is 405 g/mol. The number of fused-ring (bicyclic) bond motifs is 1. The van der Waals surface area contributed by atoms with Crippen molar-refractivity contribution in [2.45, 2.75) is 19.9 Å². The Morgan fingerprint density at radius 3 is 2.43 bits per heavy atom. The number of piperazine rings is 1. The lowest BCUT2D eigenvalue weighted by Crippen LogP contribution is -3.19. The zero-order valence-corrected chi connectivity index (χ0v) is 17.7. The molecular formula is C25H30N3O2+. The number of hydrogen-bond acceptors (Lipinski definition) is 3. The largest absolute Gasteiger partial charge is 0.506 e. The van der Waals surface area contributed by atoms with Crippen molar-refractivity contribution in [3.05, 3.63) is 66.7 Å². The van der Waals surface area contributed by atoms with E-state index in [1.165, 1.54) is 4.90 Å². The van der Waals surface area contributed by atoms with Crippen molar-refractivity contribution < 1.29 is 14.8 Å². The van der Waals surface area contributed by atoms with Gasteiger partial charge in [0.25, 0.3) is 5.91 Å². The number of hydrogen-bond donors (Lipinski definition) is 2. The van der Waals surface area contributed by atoms with Crippen LogP contribution in [0.5, 0.6) is 5.75 Å². The molecule has 0 aliphatic carbocycles. The summed E-state index contributed by atoms with van der Waals surface area (Å²) in [6, 6.07) is 21.7. The average Bonchev–Trinajstić information content (AvgIpc) is 2.79. The number of anilines is 2. The topological polar surface area (TPSA) is 48.2 Å². The second kappa shape index (κ2) is 8.76. The van der Waals surface area contributed by atoms with E-state index in [1.807, 2.05) is 61.2 Å². The lowest BCUT2D eigenvalue weighted by Gasteiger charge is -2.37. The van der Waals surface area contributed by atoms with Gasteiger partial charge in [0.15, 0.2) is 6.04 Å². The van der Waals surface area contributed by atoms with Crippen LogP contribution < -0.4 is 14.7 Å². The molecule has 30 heavy (non-hydrogen) atoms. The Morgan fingerprint density at radius 2 is 1.70 bits per heavy atom. The number of carbonyl (C=O) groups excluding carboxylic acids is 1. The quantitative estimate of drug-likeness (QED) is 0.687. The number of phenolic OH excluding ortho intramolecular Hbond substituents is 1. The minimum atomic E-state index is -0.115. The van der Waals surface area contributed by atoms with Crippen LogP contribution in [0.25, 0.3) is 10.8 Å². The molecule has 3 aromatic rings. The van der Waals surface area contributed by atoms with Gasteiger partial charge in [-0.05, 0) is 37.4 Å². The Morgan fingerprint density at radius 1 is 1.03 bits per heavy atom. The molecule has 0 unspecified atom stereocenters. The molecule has 1 aliphatic heterocycles. The normalized spacial score (nSPS) is 15.9. The second-order valence-electron chi connectivity index (χ2n) is 7.94. The minimum absolute atomic E-state index is 0.115. The summed E-state index contributed by atoms with van der Waals surface area (Å²) in [5.41, 5.74) is 1.86. The molecule has 1 atom stereocenters. The highest BCUT2D eigenvalue weighted by Gasteiger charge is 2.33. The summed E-state index contributed by atoms with van der Waals surface area (Å²) in [6.07, 6.45) is 0. The summed E-state index contributed by atoms with van der Waals surface area (Å²) in [5.74, 6) is 0.484. The third kappa shape index (κ3) is 3.85. The van der Waals surface area contributed by atoms with Crippen molar-refractivity contribution in [1.29, 1.82) is 0 Å². The number of aromatic hydroxyl groups is 1. The zero-order chi connectivity index (χ0) is 21.1. The number of likely N-dealkylation sites (N-methyl/N-ethyl adjacent to an activating group) is 1.